The van der Waals surface area contributed by atoms with Gasteiger partial charge in [0, 0.05) is 32.7 Å². The van der Waals surface area contributed by atoms with E-state index in [4.69, 9.17) is 4.98 Å². The lowest BCUT2D eigenvalue weighted by molar-refractivity contribution is -0.137. The van der Waals surface area contributed by atoms with Gasteiger partial charge in [0.2, 0.25) is 0 Å². The first-order valence-electron chi connectivity index (χ1n) is 17.4. The topological polar surface area (TPSA) is 22.8 Å². The molecular weight excluding hydrogens is 652 g/mol. The molecule has 6 aromatic carbocycles. The van der Waals surface area contributed by atoms with Gasteiger partial charge in [-0.15, -0.1) is 0 Å². The number of hydrogen-bond donors (Lipinski definition) is 0. The van der Waals surface area contributed by atoms with Gasteiger partial charge in [-0.1, -0.05) is 84.9 Å². The second-order valence-corrected chi connectivity index (χ2v) is 13.9. The van der Waals surface area contributed by atoms with Crippen molar-refractivity contribution in [1.29, 1.82) is 0 Å². The van der Waals surface area contributed by atoms with E-state index in [1.54, 1.807) is 18.2 Å². The van der Waals surface area contributed by atoms with Crippen molar-refractivity contribution in [1.82, 2.24) is 14.1 Å². The smallest absolute Gasteiger partial charge is 0.307 e. The van der Waals surface area contributed by atoms with Crippen LogP contribution in [-0.2, 0) is 6.18 Å². The summed E-state index contributed by atoms with van der Waals surface area (Å²) in [7, 11) is 0. The minimum atomic E-state index is -4.67. The Morgan fingerprint density at radius 2 is 0.865 bits per heavy atom. The number of fused-ring (bicyclic) bond motifs is 6. The van der Waals surface area contributed by atoms with Crippen molar-refractivity contribution in [2.75, 3.05) is 0 Å². The fourth-order valence-electron chi connectivity index (χ4n) is 7.73. The van der Waals surface area contributed by atoms with Crippen LogP contribution in [0.2, 0.25) is 0 Å². The van der Waals surface area contributed by atoms with Crippen LogP contribution >= 0.6 is 0 Å². The van der Waals surface area contributed by atoms with Crippen LogP contribution in [0.15, 0.2) is 133 Å². The van der Waals surface area contributed by atoms with Crippen molar-refractivity contribution < 1.29 is 13.2 Å². The molecule has 9 rings (SSSR count). The number of benzene rings is 6. The number of alkyl halides is 3. The Morgan fingerprint density at radius 3 is 1.31 bits per heavy atom. The number of aryl methyl sites for hydroxylation is 4. The van der Waals surface area contributed by atoms with Gasteiger partial charge in [-0.25, -0.2) is 4.98 Å². The third-order valence-electron chi connectivity index (χ3n) is 10.2. The lowest BCUT2D eigenvalue weighted by Gasteiger charge is -2.22. The quantitative estimate of drug-likeness (QED) is 0.181. The number of nitrogens with zero attached hydrogens (tertiary/aromatic N) is 3. The summed E-state index contributed by atoms with van der Waals surface area (Å²) in [6, 6.07) is 42.9. The number of hydrogen-bond acceptors (Lipinski definition) is 1. The summed E-state index contributed by atoms with van der Waals surface area (Å²) in [5, 5.41) is 4.03. The summed E-state index contributed by atoms with van der Waals surface area (Å²) in [6.45, 7) is 8.12. The average Bonchev–Trinajstić information content (AvgIpc) is 3.61. The molecule has 6 heteroatoms. The maximum absolute atomic E-state index is 15.6. The molecular formula is C46H34F3N3. The SMILES string of the molecule is Cc1ccc2c3ccc(C)cc3n(-c3cc(-c4cccc(-c5ccccc5)n4)c(C(F)(F)F)cc3-n3c4cc(C)ccc4c4ccc(C)cc43)c2c1. The molecule has 0 aliphatic heterocycles. The third kappa shape index (κ3) is 5.09. The Labute approximate surface area is 299 Å². The second-order valence-electron chi connectivity index (χ2n) is 13.9. The zero-order chi connectivity index (χ0) is 35.9. The molecule has 52 heavy (non-hydrogen) atoms. The Hall–Kier alpha value is -6.14. The predicted octanol–water partition coefficient (Wildman–Crippen LogP) is 12.9. The highest BCUT2D eigenvalue weighted by molar-refractivity contribution is 6.12. The molecule has 0 fully saturated rings. The normalized spacial score (nSPS) is 12.1. The molecule has 254 valence electrons. The van der Waals surface area contributed by atoms with Gasteiger partial charge in [0.15, 0.2) is 0 Å². The predicted molar refractivity (Wildman–Crippen MR) is 208 cm³/mol. The van der Waals surface area contributed by atoms with Crippen LogP contribution < -0.4 is 0 Å². The number of rotatable bonds is 4. The third-order valence-corrected chi connectivity index (χ3v) is 10.2. The number of pyridine rings is 1. The molecule has 0 unspecified atom stereocenters. The van der Waals surface area contributed by atoms with Crippen LogP contribution in [0.25, 0.3) is 77.5 Å². The van der Waals surface area contributed by atoms with E-state index in [-0.39, 0.29) is 11.3 Å². The van der Waals surface area contributed by atoms with Crippen LogP contribution in [0, 0.1) is 27.7 Å². The highest BCUT2D eigenvalue weighted by atomic mass is 19.4. The van der Waals surface area contributed by atoms with Crippen molar-refractivity contribution in [2.45, 2.75) is 33.9 Å². The van der Waals surface area contributed by atoms with Crippen LogP contribution in [0.3, 0.4) is 0 Å². The highest BCUT2D eigenvalue weighted by Gasteiger charge is 2.36. The molecule has 0 aliphatic carbocycles. The van der Waals surface area contributed by atoms with Crippen molar-refractivity contribution >= 4 is 43.6 Å². The largest absolute Gasteiger partial charge is 0.417 e. The van der Waals surface area contributed by atoms with Crippen molar-refractivity contribution in [3.05, 3.63) is 161 Å². The van der Waals surface area contributed by atoms with Gasteiger partial charge in [-0.2, -0.15) is 13.2 Å². The van der Waals surface area contributed by atoms with E-state index in [0.717, 1.165) is 71.4 Å². The molecule has 3 nitrogen and oxygen atoms in total. The standard InChI is InChI=1S/C46H34F3N3/c1-27-13-17-32-33-18-14-28(2)22-41(33)51(40(32)21-27)44-25-36(39-12-8-11-38(50-39)31-9-6-5-7-10-31)37(46(47,48)49)26-45(44)52-42-23-29(3)15-19-34(42)35-20-16-30(4)24-43(35)52/h5-26H,1-4H3. The minimum absolute atomic E-state index is 0.0208. The van der Waals surface area contributed by atoms with E-state index >= 15 is 13.2 Å². The highest BCUT2D eigenvalue weighted by Crippen LogP contribution is 2.45. The lowest BCUT2D eigenvalue weighted by Crippen LogP contribution is -2.12. The maximum atomic E-state index is 15.6. The molecule has 0 aliphatic rings. The van der Waals surface area contributed by atoms with Crippen molar-refractivity contribution in [2.24, 2.45) is 0 Å². The van der Waals surface area contributed by atoms with E-state index in [0.29, 0.717) is 17.1 Å². The van der Waals surface area contributed by atoms with Gasteiger partial charge < -0.3 is 9.13 Å². The van der Waals surface area contributed by atoms with Crippen LogP contribution in [0.5, 0.6) is 0 Å². The van der Waals surface area contributed by atoms with Gasteiger partial charge in [-0.05, 0) is 98.5 Å². The molecule has 0 radical (unpaired) electrons. The zero-order valence-corrected chi connectivity index (χ0v) is 29.2. The van der Waals surface area contributed by atoms with Crippen molar-refractivity contribution in [3.63, 3.8) is 0 Å². The van der Waals surface area contributed by atoms with E-state index in [1.807, 2.05) is 68.7 Å². The molecule has 0 spiro atoms. The zero-order valence-electron chi connectivity index (χ0n) is 29.2. The first-order valence-corrected chi connectivity index (χ1v) is 17.4. The lowest BCUT2D eigenvalue weighted by atomic mass is 9.99. The molecule has 0 N–H and O–H groups in total. The van der Waals surface area contributed by atoms with Gasteiger partial charge in [-0.3, -0.25) is 0 Å². The number of halogens is 3. The summed E-state index contributed by atoms with van der Waals surface area (Å²) in [5.41, 5.74) is 9.74. The molecule has 0 saturated heterocycles. The summed E-state index contributed by atoms with van der Waals surface area (Å²) >= 11 is 0. The van der Waals surface area contributed by atoms with Crippen molar-refractivity contribution in [3.8, 4) is 33.9 Å². The van der Waals surface area contributed by atoms with E-state index in [1.165, 1.54) is 6.07 Å². The summed E-state index contributed by atoms with van der Waals surface area (Å²) < 4.78 is 50.9. The Balaban J connectivity index is 1.48. The monoisotopic (exact) mass is 685 g/mol. The summed E-state index contributed by atoms with van der Waals surface area (Å²) in [4.78, 5) is 4.86. The van der Waals surface area contributed by atoms with Gasteiger partial charge in [0.05, 0.1) is 50.4 Å². The van der Waals surface area contributed by atoms with E-state index in [2.05, 4.69) is 77.4 Å². The maximum Gasteiger partial charge on any atom is 0.417 e. The molecule has 0 atom stereocenters. The molecule has 9 aromatic rings. The van der Waals surface area contributed by atoms with Crippen LogP contribution in [-0.4, -0.2) is 14.1 Å². The minimum Gasteiger partial charge on any atom is -0.307 e. The van der Waals surface area contributed by atoms with E-state index < -0.39 is 11.7 Å². The van der Waals surface area contributed by atoms with E-state index in [9.17, 15) is 0 Å². The molecule has 0 saturated carbocycles. The average molecular weight is 686 g/mol. The Morgan fingerprint density at radius 1 is 0.442 bits per heavy atom. The fourth-order valence-corrected chi connectivity index (χ4v) is 7.73. The fraction of sp³-hybridized carbons (Fsp3) is 0.109. The summed E-state index contributed by atoms with van der Waals surface area (Å²) in [5.74, 6) is 0. The Kier molecular flexibility index (Phi) is 7.16. The Bertz CT molecular complexity index is 2760. The van der Waals surface area contributed by atoms with Crippen LogP contribution in [0.4, 0.5) is 13.2 Å². The molecule has 3 aromatic heterocycles. The number of aromatic nitrogens is 3. The molecule has 3 heterocycles. The first-order chi connectivity index (χ1) is 25.0. The van der Waals surface area contributed by atoms with Gasteiger partial charge >= 0.3 is 6.18 Å². The summed E-state index contributed by atoms with van der Waals surface area (Å²) in [6.07, 6.45) is -4.67. The second kappa shape index (κ2) is 11.7. The molecule has 0 bridgehead atoms. The first kappa shape index (κ1) is 31.8. The van der Waals surface area contributed by atoms with Crippen LogP contribution in [0.1, 0.15) is 27.8 Å². The van der Waals surface area contributed by atoms with Gasteiger partial charge in [0.1, 0.15) is 0 Å². The van der Waals surface area contributed by atoms with Gasteiger partial charge in [0.25, 0.3) is 0 Å². The molecule has 0 amide bonds.